The number of hydrogen-bond acceptors (Lipinski definition) is 3. The summed E-state index contributed by atoms with van der Waals surface area (Å²) >= 11 is 10.2. The lowest BCUT2D eigenvalue weighted by Gasteiger charge is -2.13. The summed E-state index contributed by atoms with van der Waals surface area (Å²) in [5, 5.41) is 0.396. The van der Waals surface area contributed by atoms with Gasteiger partial charge >= 0.3 is 0 Å². The van der Waals surface area contributed by atoms with Gasteiger partial charge in [-0.2, -0.15) is 0 Å². The molecule has 0 bridgehead atoms. The van der Waals surface area contributed by atoms with Crippen molar-refractivity contribution >= 4 is 54.6 Å². The summed E-state index contributed by atoms with van der Waals surface area (Å²) in [5.41, 5.74) is 3.52. The third kappa shape index (κ3) is 3.19. The first-order chi connectivity index (χ1) is 9.20. The van der Waals surface area contributed by atoms with Crippen molar-refractivity contribution < 1.29 is 8.42 Å². The van der Waals surface area contributed by atoms with Crippen LogP contribution in [0.1, 0.15) is 16.7 Å². The molecule has 0 aliphatic heterocycles. The molecule has 3 nitrogen and oxygen atoms in total. The molecule has 0 aliphatic carbocycles. The SMILES string of the molecule is Cc1cc(C)c(NS(=O)(=O)c2cc(Cl)c(Br)s2)c(C)c1. The van der Waals surface area contributed by atoms with Crippen LogP contribution in [0.4, 0.5) is 5.69 Å². The molecule has 0 saturated heterocycles. The van der Waals surface area contributed by atoms with Crippen LogP contribution in [0, 0.1) is 20.8 Å². The molecule has 0 unspecified atom stereocenters. The van der Waals surface area contributed by atoms with Gasteiger partial charge in [-0.1, -0.05) is 29.3 Å². The molecule has 2 aromatic rings. The minimum absolute atomic E-state index is 0.189. The number of nitrogens with one attached hydrogen (secondary N) is 1. The highest BCUT2D eigenvalue weighted by atomic mass is 79.9. The summed E-state index contributed by atoms with van der Waals surface area (Å²) < 4.78 is 28.2. The van der Waals surface area contributed by atoms with Crippen LogP contribution in [0.5, 0.6) is 0 Å². The summed E-state index contributed by atoms with van der Waals surface area (Å²) in [6.45, 7) is 5.75. The summed E-state index contributed by atoms with van der Waals surface area (Å²) in [6.07, 6.45) is 0. The van der Waals surface area contributed by atoms with Crippen molar-refractivity contribution in [2.24, 2.45) is 0 Å². The van der Waals surface area contributed by atoms with Gasteiger partial charge in [-0.25, -0.2) is 8.42 Å². The van der Waals surface area contributed by atoms with Gasteiger partial charge in [0.2, 0.25) is 0 Å². The van der Waals surface area contributed by atoms with Crippen molar-refractivity contribution in [1.29, 1.82) is 0 Å². The van der Waals surface area contributed by atoms with E-state index in [2.05, 4.69) is 20.7 Å². The molecule has 108 valence electrons. The number of aryl methyl sites for hydroxylation is 3. The lowest BCUT2D eigenvalue weighted by Crippen LogP contribution is -2.13. The number of anilines is 1. The normalized spacial score (nSPS) is 11.7. The molecule has 0 atom stereocenters. The topological polar surface area (TPSA) is 46.2 Å². The summed E-state index contributed by atoms with van der Waals surface area (Å²) in [4.78, 5) is 0. The molecule has 0 saturated carbocycles. The van der Waals surface area contributed by atoms with Crippen LogP contribution < -0.4 is 4.72 Å². The Balaban J connectivity index is 2.43. The van der Waals surface area contributed by atoms with Gasteiger partial charge in [0.1, 0.15) is 4.21 Å². The third-order valence-electron chi connectivity index (χ3n) is 2.80. The second-order valence-corrected chi connectivity index (χ2v) is 9.25. The standard InChI is InChI=1S/C13H13BrClNO2S2/c1-7-4-8(2)12(9(3)5-7)16-20(17,18)11-6-10(15)13(14)19-11/h4-6,16H,1-3H3. The maximum atomic E-state index is 12.4. The zero-order valence-electron chi connectivity index (χ0n) is 11.1. The van der Waals surface area contributed by atoms with E-state index in [9.17, 15) is 8.42 Å². The molecule has 0 aliphatic rings. The Labute approximate surface area is 136 Å². The van der Waals surface area contributed by atoms with Gasteiger partial charge in [0.25, 0.3) is 10.0 Å². The number of hydrogen-bond donors (Lipinski definition) is 1. The van der Waals surface area contributed by atoms with Crippen LogP contribution in [0.3, 0.4) is 0 Å². The van der Waals surface area contributed by atoms with Crippen molar-refractivity contribution in [3.63, 3.8) is 0 Å². The second kappa shape index (κ2) is 5.67. The Morgan fingerprint density at radius 2 is 1.70 bits per heavy atom. The average molecular weight is 395 g/mol. The maximum Gasteiger partial charge on any atom is 0.271 e. The molecule has 1 aromatic heterocycles. The van der Waals surface area contributed by atoms with Crippen LogP contribution in [0.25, 0.3) is 0 Å². The van der Waals surface area contributed by atoms with E-state index in [1.54, 1.807) is 0 Å². The molecule has 0 spiro atoms. The molecule has 0 amide bonds. The molecule has 2 rings (SSSR count). The Hall–Kier alpha value is -0.560. The van der Waals surface area contributed by atoms with Gasteiger partial charge in [-0.3, -0.25) is 4.72 Å². The second-order valence-electron chi connectivity index (χ2n) is 4.57. The van der Waals surface area contributed by atoms with Crippen LogP contribution >= 0.6 is 38.9 Å². The number of rotatable bonds is 3. The van der Waals surface area contributed by atoms with E-state index < -0.39 is 10.0 Å². The van der Waals surface area contributed by atoms with Crippen molar-refractivity contribution in [2.75, 3.05) is 4.72 Å². The molecule has 1 heterocycles. The van der Waals surface area contributed by atoms with Gasteiger partial charge in [0.05, 0.1) is 14.5 Å². The third-order valence-corrected chi connectivity index (χ3v) is 7.10. The van der Waals surface area contributed by atoms with Crippen LogP contribution in [-0.4, -0.2) is 8.42 Å². The fraction of sp³-hybridized carbons (Fsp3) is 0.231. The summed E-state index contributed by atoms with van der Waals surface area (Å²) in [6, 6.07) is 5.34. The predicted octanol–water partition coefficient (Wildman–Crippen LogP) is 4.89. The number of sulfonamides is 1. The van der Waals surface area contributed by atoms with Crippen molar-refractivity contribution in [2.45, 2.75) is 25.0 Å². The highest BCUT2D eigenvalue weighted by Gasteiger charge is 2.20. The van der Waals surface area contributed by atoms with Crippen molar-refractivity contribution in [3.8, 4) is 0 Å². The van der Waals surface area contributed by atoms with E-state index >= 15 is 0 Å². The highest BCUT2D eigenvalue weighted by molar-refractivity contribution is 9.11. The molecule has 0 radical (unpaired) electrons. The van der Waals surface area contributed by atoms with Gasteiger partial charge in [-0.05, 0) is 53.9 Å². The zero-order valence-corrected chi connectivity index (χ0v) is 15.1. The molecule has 0 fully saturated rings. The first kappa shape index (κ1) is 15.8. The Bertz CT molecular complexity index is 726. The first-order valence-electron chi connectivity index (χ1n) is 5.76. The molecule has 1 aromatic carbocycles. The van der Waals surface area contributed by atoms with Crippen LogP contribution in [0.2, 0.25) is 5.02 Å². The zero-order chi connectivity index (χ0) is 15.1. The highest BCUT2D eigenvalue weighted by Crippen LogP contribution is 2.36. The monoisotopic (exact) mass is 393 g/mol. The van der Waals surface area contributed by atoms with Gasteiger partial charge < -0.3 is 0 Å². The minimum atomic E-state index is -3.62. The van der Waals surface area contributed by atoms with Gasteiger partial charge in [0.15, 0.2) is 0 Å². The summed E-state index contributed by atoms with van der Waals surface area (Å²) in [7, 11) is -3.62. The fourth-order valence-corrected chi connectivity index (χ4v) is 5.59. The van der Waals surface area contributed by atoms with Crippen LogP contribution in [-0.2, 0) is 10.0 Å². The number of thiophene rings is 1. The molecular formula is C13H13BrClNO2S2. The van der Waals surface area contributed by atoms with Crippen LogP contribution in [0.15, 0.2) is 26.2 Å². The van der Waals surface area contributed by atoms with E-state index in [0.29, 0.717) is 14.5 Å². The van der Waals surface area contributed by atoms with E-state index in [1.165, 1.54) is 6.07 Å². The first-order valence-corrected chi connectivity index (χ1v) is 9.23. The van der Waals surface area contributed by atoms with E-state index in [1.807, 2.05) is 32.9 Å². The lowest BCUT2D eigenvalue weighted by molar-refractivity contribution is 0.603. The molecule has 1 N–H and O–H groups in total. The Morgan fingerprint density at radius 1 is 1.15 bits per heavy atom. The van der Waals surface area contributed by atoms with Gasteiger partial charge in [-0.15, -0.1) is 11.3 Å². The van der Waals surface area contributed by atoms with E-state index in [4.69, 9.17) is 11.6 Å². The average Bonchev–Trinajstić information content (AvgIpc) is 2.65. The van der Waals surface area contributed by atoms with Crippen molar-refractivity contribution in [3.05, 3.63) is 43.7 Å². The largest absolute Gasteiger partial charge is 0.278 e. The van der Waals surface area contributed by atoms with Crippen molar-refractivity contribution in [1.82, 2.24) is 0 Å². The smallest absolute Gasteiger partial charge is 0.271 e. The quantitative estimate of drug-likeness (QED) is 0.805. The lowest BCUT2D eigenvalue weighted by atomic mass is 10.1. The van der Waals surface area contributed by atoms with E-state index in [0.717, 1.165) is 28.0 Å². The maximum absolute atomic E-state index is 12.4. The molecular weight excluding hydrogens is 382 g/mol. The fourth-order valence-electron chi connectivity index (χ4n) is 1.98. The Kier molecular flexibility index (Phi) is 4.49. The summed E-state index contributed by atoms with van der Waals surface area (Å²) in [5.74, 6) is 0. The number of halogens is 2. The minimum Gasteiger partial charge on any atom is -0.278 e. The number of benzene rings is 1. The molecule has 7 heteroatoms. The van der Waals surface area contributed by atoms with Gasteiger partial charge in [0, 0.05) is 0 Å². The Morgan fingerprint density at radius 3 is 2.15 bits per heavy atom. The molecule has 20 heavy (non-hydrogen) atoms. The van der Waals surface area contributed by atoms with E-state index in [-0.39, 0.29) is 4.21 Å². The predicted molar refractivity (Wildman–Crippen MR) is 88.5 cm³/mol.